The van der Waals surface area contributed by atoms with Crippen LogP contribution >= 0.6 is 0 Å². The van der Waals surface area contributed by atoms with E-state index in [1.807, 2.05) is 0 Å². The van der Waals surface area contributed by atoms with Gasteiger partial charge in [-0.25, -0.2) is 4.39 Å². The molecule has 2 rings (SSSR count). The van der Waals surface area contributed by atoms with Crippen molar-refractivity contribution in [1.29, 1.82) is 0 Å². The minimum atomic E-state index is -0.329. The second-order valence-corrected chi connectivity index (χ2v) is 4.73. The van der Waals surface area contributed by atoms with Crippen LogP contribution in [0.1, 0.15) is 11.1 Å². The molecule has 0 bridgehead atoms. The van der Waals surface area contributed by atoms with Gasteiger partial charge in [0.05, 0.1) is 31.4 Å². The Balaban J connectivity index is 2.05. The molecule has 1 aromatic carbocycles. The van der Waals surface area contributed by atoms with E-state index in [-0.39, 0.29) is 25.1 Å². The molecule has 5 heteroatoms. The summed E-state index contributed by atoms with van der Waals surface area (Å²) in [6.07, 6.45) is -0.138. The van der Waals surface area contributed by atoms with Crippen LogP contribution in [-0.4, -0.2) is 49.0 Å². The molecular formula is C15H19FN2O2. The van der Waals surface area contributed by atoms with Crippen molar-refractivity contribution in [2.24, 2.45) is 5.73 Å². The Hall–Kier alpha value is -1.45. The Kier molecular flexibility index (Phi) is 5.50. The fourth-order valence-electron chi connectivity index (χ4n) is 2.21. The van der Waals surface area contributed by atoms with E-state index in [1.165, 1.54) is 6.07 Å². The van der Waals surface area contributed by atoms with E-state index in [9.17, 15) is 4.39 Å². The number of ether oxygens (including phenoxy) is 1. The lowest BCUT2D eigenvalue weighted by atomic mass is 10.1. The fourth-order valence-corrected chi connectivity index (χ4v) is 2.21. The molecule has 1 unspecified atom stereocenters. The lowest BCUT2D eigenvalue weighted by Gasteiger charge is -2.32. The highest BCUT2D eigenvalue weighted by molar-refractivity contribution is 5.38. The molecule has 1 fully saturated rings. The smallest absolute Gasteiger partial charge is 0.138 e. The van der Waals surface area contributed by atoms with Crippen LogP contribution in [0.2, 0.25) is 0 Å². The third kappa shape index (κ3) is 4.02. The maximum absolute atomic E-state index is 13.6. The molecule has 1 aliphatic heterocycles. The van der Waals surface area contributed by atoms with Crippen LogP contribution < -0.4 is 5.73 Å². The van der Waals surface area contributed by atoms with Crippen LogP contribution in [-0.2, 0) is 11.3 Å². The Labute approximate surface area is 118 Å². The normalized spacial score (nSPS) is 19.4. The third-order valence-electron chi connectivity index (χ3n) is 3.19. The number of aliphatic hydroxyl groups is 1. The van der Waals surface area contributed by atoms with Gasteiger partial charge in [0.1, 0.15) is 5.82 Å². The number of hydrogen-bond acceptors (Lipinski definition) is 4. The number of halogens is 1. The maximum Gasteiger partial charge on any atom is 0.138 e. The minimum Gasteiger partial charge on any atom is -0.394 e. The highest BCUT2D eigenvalue weighted by atomic mass is 19.1. The van der Waals surface area contributed by atoms with Crippen LogP contribution in [0.4, 0.5) is 4.39 Å². The standard InChI is InChI=1S/C15H19FN2O2/c16-15-4-3-12(8-13(15)2-1-5-17)9-18-6-7-20-14(10-18)11-19/h3-4,8,14,19H,5-7,9-11,17H2. The van der Waals surface area contributed by atoms with E-state index in [0.29, 0.717) is 25.3 Å². The quantitative estimate of drug-likeness (QED) is 0.782. The SMILES string of the molecule is NCC#Cc1cc(CN2CCOC(CO)C2)ccc1F. The zero-order valence-corrected chi connectivity index (χ0v) is 11.3. The first kappa shape index (κ1) is 14.9. The van der Waals surface area contributed by atoms with Gasteiger partial charge in [0.2, 0.25) is 0 Å². The van der Waals surface area contributed by atoms with Crippen LogP contribution in [0.25, 0.3) is 0 Å². The molecule has 1 atom stereocenters. The lowest BCUT2D eigenvalue weighted by molar-refractivity contribution is -0.0551. The van der Waals surface area contributed by atoms with Gasteiger partial charge in [-0.15, -0.1) is 0 Å². The van der Waals surface area contributed by atoms with E-state index in [1.54, 1.807) is 12.1 Å². The van der Waals surface area contributed by atoms with Gasteiger partial charge in [0, 0.05) is 19.6 Å². The number of aliphatic hydroxyl groups excluding tert-OH is 1. The molecular weight excluding hydrogens is 259 g/mol. The molecule has 4 nitrogen and oxygen atoms in total. The number of morpholine rings is 1. The van der Waals surface area contributed by atoms with Crippen LogP contribution in [0.3, 0.4) is 0 Å². The first-order valence-corrected chi connectivity index (χ1v) is 6.65. The van der Waals surface area contributed by atoms with Crippen molar-refractivity contribution in [2.75, 3.05) is 32.8 Å². The molecule has 0 radical (unpaired) electrons. The number of benzene rings is 1. The second-order valence-electron chi connectivity index (χ2n) is 4.73. The van der Waals surface area contributed by atoms with Gasteiger partial charge in [-0.1, -0.05) is 17.9 Å². The molecule has 1 aromatic rings. The highest BCUT2D eigenvalue weighted by Gasteiger charge is 2.19. The van der Waals surface area contributed by atoms with Crippen LogP contribution in [0, 0.1) is 17.7 Å². The summed E-state index contributed by atoms with van der Waals surface area (Å²) in [7, 11) is 0. The Morgan fingerprint density at radius 3 is 3.10 bits per heavy atom. The molecule has 0 saturated carbocycles. The first-order valence-electron chi connectivity index (χ1n) is 6.65. The molecule has 1 heterocycles. The van der Waals surface area contributed by atoms with Gasteiger partial charge >= 0.3 is 0 Å². The predicted molar refractivity (Wildman–Crippen MR) is 74.4 cm³/mol. The van der Waals surface area contributed by atoms with Crippen molar-refractivity contribution in [3.63, 3.8) is 0 Å². The maximum atomic E-state index is 13.6. The van der Waals surface area contributed by atoms with E-state index in [0.717, 1.165) is 12.1 Å². The Morgan fingerprint density at radius 2 is 2.35 bits per heavy atom. The zero-order chi connectivity index (χ0) is 14.4. The summed E-state index contributed by atoms with van der Waals surface area (Å²) < 4.78 is 19.0. The van der Waals surface area contributed by atoms with Crippen LogP contribution in [0.5, 0.6) is 0 Å². The number of nitrogens with zero attached hydrogens (tertiary/aromatic N) is 1. The summed E-state index contributed by atoms with van der Waals surface area (Å²) >= 11 is 0. The molecule has 0 amide bonds. The van der Waals surface area contributed by atoms with Gasteiger partial charge in [-0.05, 0) is 17.7 Å². The predicted octanol–water partition coefficient (Wildman–Crippen LogP) is 0.329. The van der Waals surface area contributed by atoms with Crippen molar-refractivity contribution in [3.05, 3.63) is 35.1 Å². The number of hydrogen-bond donors (Lipinski definition) is 2. The molecule has 0 aromatic heterocycles. The second kappa shape index (κ2) is 7.36. The van der Waals surface area contributed by atoms with Crippen molar-refractivity contribution in [1.82, 2.24) is 4.90 Å². The van der Waals surface area contributed by atoms with Crippen molar-refractivity contribution in [3.8, 4) is 11.8 Å². The zero-order valence-electron chi connectivity index (χ0n) is 11.3. The summed E-state index contributed by atoms with van der Waals surface area (Å²) in [5.41, 5.74) is 6.67. The Bertz CT molecular complexity index is 510. The average Bonchev–Trinajstić information content (AvgIpc) is 2.48. The topological polar surface area (TPSA) is 58.7 Å². The van der Waals surface area contributed by atoms with Gasteiger partial charge in [-0.3, -0.25) is 4.90 Å². The molecule has 1 aliphatic rings. The van der Waals surface area contributed by atoms with Gasteiger partial charge < -0.3 is 15.6 Å². The summed E-state index contributed by atoms with van der Waals surface area (Å²) in [6.45, 7) is 3.01. The molecule has 108 valence electrons. The van der Waals surface area contributed by atoms with Crippen molar-refractivity contribution in [2.45, 2.75) is 12.6 Å². The average molecular weight is 278 g/mol. The monoisotopic (exact) mass is 278 g/mol. The summed E-state index contributed by atoms with van der Waals surface area (Å²) in [5.74, 6) is 5.07. The van der Waals surface area contributed by atoms with Crippen molar-refractivity contribution < 1.29 is 14.2 Å². The molecule has 0 spiro atoms. The minimum absolute atomic E-state index is 0.0210. The van der Waals surface area contributed by atoms with Crippen LogP contribution in [0.15, 0.2) is 18.2 Å². The molecule has 0 aliphatic carbocycles. The van der Waals surface area contributed by atoms with E-state index >= 15 is 0 Å². The number of rotatable bonds is 3. The Morgan fingerprint density at radius 1 is 1.50 bits per heavy atom. The molecule has 3 N–H and O–H groups in total. The lowest BCUT2D eigenvalue weighted by Crippen LogP contribution is -2.43. The summed E-state index contributed by atoms with van der Waals surface area (Å²) in [4.78, 5) is 2.18. The molecule has 1 saturated heterocycles. The summed E-state index contributed by atoms with van der Waals surface area (Å²) in [5, 5.41) is 9.12. The largest absolute Gasteiger partial charge is 0.394 e. The van der Waals surface area contributed by atoms with E-state index in [4.69, 9.17) is 15.6 Å². The van der Waals surface area contributed by atoms with Gasteiger partial charge in [-0.2, -0.15) is 0 Å². The van der Waals surface area contributed by atoms with E-state index in [2.05, 4.69) is 16.7 Å². The van der Waals surface area contributed by atoms with Crippen molar-refractivity contribution >= 4 is 0 Å². The third-order valence-corrected chi connectivity index (χ3v) is 3.19. The fraction of sp³-hybridized carbons (Fsp3) is 0.467. The van der Waals surface area contributed by atoms with Gasteiger partial charge in [0.25, 0.3) is 0 Å². The first-order chi connectivity index (χ1) is 9.72. The summed E-state index contributed by atoms with van der Waals surface area (Å²) in [6, 6.07) is 4.94. The highest BCUT2D eigenvalue weighted by Crippen LogP contribution is 2.14. The number of nitrogens with two attached hydrogens (primary N) is 1. The van der Waals surface area contributed by atoms with E-state index < -0.39 is 0 Å². The van der Waals surface area contributed by atoms with Gasteiger partial charge in [0.15, 0.2) is 0 Å². The molecule has 20 heavy (non-hydrogen) atoms.